The molecule has 0 amide bonds. The van der Waals surface area contributed by atoms with E-state index in [2.05, 4.69) is 28.5 Å². The first-order chi connectivity index (χ1) is 10.4. The molecule has 0 saturated carbocycles. The van der Waals surface area contributed by atoms with E-state index >= 15 is 0 Å². The number of ether oxygens (including phenoxy) is 1. The van der Waals surface area contributed by atoms with Crippen molar-refractivity contribution in [2.24, 2.45) is 0 Å². The molecule has 0 bridgehead atoms. The quantitative estimate of drug-likeness (QED) is 0.624. The summed E-state index contributed by atoms with van der Waals surface area (Å²) in [6, 6.07) is 2.91. The Balaban J connectivity index is 1.77. The summed E-state index contributed by atoms with van der Waals surface area (Å²) in [6.45, 7) is 7.12. The van der Waals surface area contributed by atoms with Crippen molar-refractivity contribution in [1.29, 1.82) is 0 Å². The molecule has 0 aromatic carbocycles. The summed E-state index contributed by atoms with van der Waals surface area (Å²) in [5.41, 5.74) is 0. The molecule has 1 aromatic rings. The van der Waals surface area contributed by atoms with Crippen LogP contribution in [0.4, 0.5) is 0 Å². The van der Waals surface area contributed by atoms with Crippen molar-refractivity contribution in [3.63, 3.8) is 0 Å². The SMILES string of the molecule is CC1CN(CCCNS(=O)(=O)c2ccc(Cl)nc2)CC(C)O1. The van der Waals surface area contributed by atoms with Gasteiger partial charge in [-0.15, -0.1) is 0 Å². The lowest BCUT2D eigenvalue weighted by Gasteiger charge is -2.35. The minimum atomic E-state index is -3.52. The molecule has 2 heterocycles. The summed E-state index contributed by atoms with van der Waals surface area (Å²) >= 11 is 5.66. The predicted octanol–water partition coefficient (Wildman–Crippen LogP) is 1.51. The molecule has 1 aromatic heterocycles. The fraction of sp³-hybridized carbons (Fsp3) is 0.643. The van der Waals surface area contributed by atoms with E-state index in [9.17, 15) is 8.42 Å². The van der Waals surface area contributed by atoms with Gasteiger partial charge in [0.05, 0.1) is 12.2 Å². The zero-order valence-corrected chi connectivity index (χ0v) is 14.4. The molecule has 1 saturated heterocycles. The van der Waals surface area contributed by atoms with E-state index in [-0.39, 0.29) is 22.3 Å². The minimum absolute atomic E-state index is 0.130. The highest BCUT2D eigenvalue weighted by Crippen LogP contribution is 2.12. The Hall–Kier alpha value is -0.730. The van der Waals surface area contributed by atoms with Crippen LogP contribution in [0.3, 0.4) is 0 Å². The number of hydrogen-bond acceptors (Lipinski definition) is 5. The van der Waals surface area contributed by atoms with Crippen LogP contribution < -0.4 is 4.72 Å². The topological polar surface area (TPSA) is 71.5 Å². The van der Waals surface area contributed by atoms with Crippen molar-refractivity contribution in [3.05, 3.63) is 23.5 Å². The van der Waals surface area contributed by atoms with Crippen LogP contribution in [0.1, 0.15) is 20.3 Å². The minimum Gasteiger partial charge on any atom is -0.373 e. The average molecular weight is 348 g/mol. The van der Waals surface area contributed by atoms with Gasteiger partial charge in [-0.25, -0.2) is 18.1 Å². The lowest BCUT2D eigenvalue weighted by atomic mass is 10.2. The van der Waals surface area contributed by atoms with Gasteiger partial charge in [-0.1, -0.05) is 11.6 Å². The van der Waals surface area contributed by atoms with Gasteiger partial charge in [-0.2, -0.15) is 0 Å². The van der Waals surface area contributed by atoms with Crippen LogP contribution in [0, 0.1) is 0 Å². The van der Waals surface area contributed by atoms with Gasteiger partial charge in [0.15, 0.2) is 0 Å². The Kier molecular flexibility index (Phi) is 6.17. The Bertz CT molecular complexity index is 570. The summed E-state index contributed by atoms with van der Waals surface area (Å²) in [5.74, 6) is 0. The molecular formula is C14H22ClN3O3S. The molecule has 1 aliphatic rings. The lowest BCUT2D eigenvalue weighted by molar-refractivity contribution is -0.0679. The molecule has 2 atom stereocenters. The standard InChI is InChI=1S/C14H22ClN3O3S/c1-11-9-18(10-12(2)21-11)7-3-6-17-22(19,20)13-4-5-14(15)16-8-13/h4-5,8,11-12,17H,3,6-7,9-10H2,1-2H3. The van der Waals surface area contributed by atoms with Gasteiger partial charge in [0.1, 0.15) is 10.0 Å². The van der Waals surface area contributed by atoms with Crippen molar-refractivity contribution < 1.29 is 13.2 Å². The van der Waals surface area contributed by atoms with E-state index in [1.54, 1.807) is 0 Å². The molecule has 0 radical (unpaired) electrons. The Morgan fingerprint density at radius 1 is 1.36 bits per heavy atom. The normalized spacial score (nSPS) is 23.6. The van der Waals surface area contributed by atoms with E-state index < -0.39 is 10.0 Å². The Morgan fingerprint density at radius 3 is 2.64 bits per heavy atom. The number of halogens is 1. The molecular weight excluding hydrogens is 326 g/mol. The van der Waals surface area contributed by atoms with Crippen LogP contribution in [-0.2, 0) is 14.8 Å². The summed E-state index contributed by atoms with van der Waals surface area (Å²) in [4.78, 5) is 6.22. The number of hydrogen-bond donors (Lipinski definition) is 1. The van der Waals surface area contributed by atoms with Crippen LogP contribution in [0.5, 0.6) is 0 Å². The number of morpholine rings is 1. The molecule has 22 heavy (non-hydrogen) atoms. The van der Waals surface area contributed by atoms with E-state index in [1.165, 1.54) is 18.3 Å². The van der Waals surface area contributed by atoms with E-state index in [0.29, 0.717) is 6.54 Å². The van der Waals surface area contributed by atoms with Crippen molar-refractivity contribution >= 4 is 21.6 Å². The van der Waals surface area contributed by atoms with Crippen LogP contribution in [0.25, 0.3) is 0 Å². The first-order valence-electron chi connectivity index (χ1n) is 7.36. The lowest BCUT2D eigenvalue weighted by Crippen LogP contribution is -2.46. The molecule has 6 nitrogen and oxygen atoms in total. The number of nitrogens with zero attached hydrogens (tertiary/aromatic N) is 2. The number of nitrogens with one attached hydrogen (secondary N) is 1. The summed E-state index contributed by atoms with van der Waals surface area (Å²) in [5, 5.41) is 0.273. The third kappa shape index (κ3) is 5.17. The van der Waals surface area contributed by atoms with Crippen molar-refractivity contribution in [2.45, 2.75) is 37.4 Å². The predicted molar refractivity (Wildman–Crippen MR) is 85.5 cm³/mol. The van der Waals surface area contributed by atoms with Crippen molar-refractivity contribution in [1.82, 2.24) is 14.6 Å². The molecule has 2 rings (SSSR count). The van der Waals surface area contributed by atoms with Gasteiger partial charge in [0.2, 0.25) is 10.0 Å². The number of pyridine rings is 1. The van der Waals surface area contributed by atoms with Gasteiger partial charge >= 0.3 is 0 Å². The molecule has 0 spiro atoms. The van der Waals surface area contributed by atoms with Gasteiger partial charge < -0.3 is 4.74 Å². The maximum atomic E-state index is 12.1. The molecule has 124 valence electrons. The maximum Gasteiger partial charge on any atom is 0.242 e. The summed E-state index contributed by atoms with van der Waals surface area (Å²) < 4.78 is 32.4. The second-order valence-corrected chi connectivity index (χ2v) is 7.74. The fourth-order valence-corrected chi connectivity index (χ4v) is 3.71. The number of sulfonamides is 1. The second kappa shape index (κ2) is 7.70. The highest BCUT2D eigenvalue weighted by molar-refractivity contribution is 7.89. The van der Waals surface area contributed by atoms with Crippen LogP contribution in [-0.4, -0.2) is 56.7 Å². The number of aromatic nitrogens is 1. The smallest absolute Gasteiger partial charge is 0.242 e. The Labute approximate surface area is 136 Å². The van der Waals surface area contributed by atoms with Crippen LogP contribution >= 0.6 is 11.6 Å². The second-order valence-electron chi connectivity index (χ2n) is 5.58. The van der Waals surface area contributed by atoms with Gasteiger partial charge in [0.25, 0.3) is 0 Å². The van der Waals surface area contributed by atoms with Gasteiger partial charge in [-0.3, -0.25) is 4.90 Å². The summed E-state index contributed by atoms with van der Waals surface area (Å²) in [6.07, 6.45) is 2.46. The molecule has 1 aliphatic heterocycles. The zero-order chi connectivity index (χ0) is 16.2. The molecule has 0 aliphatic carbocycles. The molecule has 1 fully saturated rings. The van der Waals surface area contributed by atoms with Crippen LogP contribution in [0.15, 0.2) is 23.2 Å². The highest BCUT2D eigenvalue weighted by Gasteiger charge is 2.21. The fourth-order valence-electron chi connectivity index (χ4n) is 2.58. The Morgan fingerprint density at radius 2 is 2.05 bits per heavy atom. The molecule has 2 unspecified atom stereocenters. The first kappa shape index (κ1) is 17.6. The van der Waals surface area contributed by atoms with E-state index in [4.69, 9.17) is 16.3 Å². The van der Waals surface area contributed by atoms with Gasteiger partial charge in [0, 0.05) is 25.8 Å². The molecule has 1 N–H and O–H groups in total. The van der Waals surface area contributed by atoms with E-state index in [0.717, 1.165) is 26.1 Å². The van der Waals surface area contributed by atoms with Gasteiger partial charge in [-0.05, 0) is 38.9 Å². The average Bonchev–Trinajstić information content (AvgIpc) is 2.43. The zero-order valence-electron chi connectivity index (χ0n) is 12.8. The molecule has 8 heteroatoms. The maximum absolute atomic E-state index is 12.1. The first-order valence-corrected chi connectivity index (χ1v) is 9.22. The summed E-state index contributed by atoms with van der Waals surface area (Å²) in [7, 11) is -3.52. The third-order valence-electron chi connectivity index (χ3n) is 3.45. The monoisotopic (exact) mass is 347 g/mol. The van der Waals surface area contributed by atoms with Crippen LogP contribution in [0.2, 0.25) is 5.15 Å². The van der Waals surface area contributed by atoms with E-state index in [1.807, 2.05) is 0 Å². The number of rotatable bonds is 6. The highest BCUT2D eigenvalue weighted by atomic mass is 35.5. The third-order valence-corrected chi connectivity index (χ3v) is 5.12. The van der Waals surface area contributed by atoms with Crippen molar-refractivity contribution in [2.75, 3.05) is 26.2 Å². The largest absolute Gasteiger partial charge is 0.373 e. The van der Waals surface area contributed by atoms with Crippen molar-refractivity contribution in [3.8, 4) is 0 Å².